The molecule has 0 spiro atoms. The fraction of sp³-hybridized carbons (Fsp3) is 0.0769. The second kappa shape index (κ2) is 5.22. The molecule has 0 heterocycles. The van der Waals surface area contributed by atoms with Gasteiger partial charge in [0.05, 0.1) is 15.6 Å². The average Bonchev–Trinajstić information content (AvgIpc) is 2.32. The topological polar surface area (TPSA) is 20.2 Å². The van der Waals surface area contributed by atoms with Gasteiger partial charge in [0, 0.05) is 5.56 Å². The molecule has 0 amide bonds. The van der Waals surface area contributed by atoms with Crippen molar-refractivity contribution in [3.05, 3.63) is 69.2 Å². The molecule has 0 bridgehead atoms. The Balaban J connectivity index is 2.55. The number of hydrogen-bond acceptors (Lipinski definition) is 1. The van der Waals surface area contributed by atoms with Crippen molar-refractivity contribution < 1.29 is 13.9 Å². The summed E-state index contributed by atoms with van der Waals surface area (Å²) in [5.74, 6) is -1.67. The normalized spacial score (nSPS) is 12.5. The quantitative estimate of drug-likeness (QED) is 0.871. The Morgan fingerprint density at radius 3 is 2.11 bits per heavy atom. The molecule has 2 aromatic rings. The lowest BCUT2D eigenvalue weighted by molar-refractivity contribution is 0.209. The number of halogens is 4. The van der Waals surface area contributed by atoms with E-state index >= 15 is 0 Å². The molecule has 0 aliphatic heterocycles. The van der Waals surface area contributed by atoms with Crippen molar-refractivity contribution in [2.24, 2.45) is 0 Å². The molecule has 1 unspecified atom stereocenters. The van der Waals surface area contributed by atoms with Gasteiger partial charge in [-0.15, -0.1) is 0 Å². The molecule has 0 saturated heterocycles. The van der Waals surface area contributed by atoms with Gasteiger partial charge in [-0.1, -0.05) is 41.4 Å². The first-order chi connectivity index (χ1) is 8.52. The summed E-state index contributed by atoms with van der Waals surface area (Å²) in [6, 6.07) is 7.90. The summed E-state index contributed by atoms with van der Waals surface area (Å²) in [6.07, 6.45) is -1.50. The Bertz CT molecular complexity index is 567. The fourth-order valence-electron chi connectivity index (χ4n) is 1.66. The van der Waals surface area contributed by atoms with E-state index in [-0.39, 0.29) is 15.6 Å². The Labute approximate surface area is 113 Å². The molecule has 2 rings (SSSR count). The zero-order valence-electron chi connectivity index (χ0n) is 9.00. The van der Waals surface area contributed by atoms with Crippen LogP contribution in [0.25, 0.3) is 0 Å². The lowest BCUT2D eigenvalue weighted by atomic mass is 10.0. The fourth-order valence-corrected chi connectivity index (χ4v) is 2.07. The largest absolute Gasteiger partial charge is 0.383 e. The first kappa shape index (κ1) is 13.3. The van der Waals surface area contributed by atoms with E-state index in [0.717, 1.165) is 12.1 Å². The highest BCUT2D eigenvalue weighted by Gasteiger charge is 2.22. The zero-order valence-corrected chi connectivity index (χ0v) is 10.5. The van der Waals surface area contributed by atoms with Gasteiger partial charge in [0.15, 0.2) is 0 Å². The van der Waals surface area contributed by atoms with E-state index in [0.29, 0.717) is 0 Å². The first-order valence-corrected chi connectivity index (χ1v) is 5.84. The van der Waals surface area contributed by atoms with Crippen LogP contribution in [-0.4, -0.2) is 5.11 Å². The minimum Gasteiger partial charge on any atom is -0.383 e. The lowest BCUT2D eigenvalue weighted by Gasteiger charge is -2.15. The average molecular weight is 289 g/mol. The van der Waals surface area contributed by atoms with Gasteiger partial charge in [0.1, 0.15) is 17.7 Å². The summed E-state index contributed by atoms with van der Waals surface area (Å²) in [6.45, 7) is 0. The Hall–Kier alpha value is -1.16. The number of aliphatic hydroxyl groups excluding tert-OH is 1. The molecule has 1 N–H and O–H groups in total. The third-order valence-corrected chi connectivity index (χ3v) is 3.38. The zero-order chi connectivity index (χ0) is 13.3. The summed E-state index contributed by atoms with van der Waals surface area (Å²) >= 11 is 11.7. The van der Waals surface area contributed by atoms with Crippen LogP contribution in [0, 0.1) is 11.6 Å². The van der Waals surface area contributed by atoms with Crippen molar-refractivity contribution in [2.45, 2.75) is 6.10 Å². The predicted molar refractivity (Wildman–Crippen MR) is 66.9 cm³/mol. The highest BCUT2D eigenvalue weighted by molar-refractivity contribution is 6.42. The summed E-state index contributed by atoms with van der Waals surface area (Å²) in [7, 11) is 0. The second-order valence-corrected chi connectivity index (χ2v) is 4.47. The van der Waals surface area contributed by atoms with Gasteiger partial charge in [-0.25, -0.2) is 8.78 Å². The minimum atomic E-state index is -1.50. The van der Waals surface area contributed by atoms with E-state index in [4.69, 9.17) is 23.2 Å². The van der Waals surface area contributed by atoms with Gasteiger partial charge in [-0.05, 0) is 18.2 Å². The number of hydrogen-bond donors (Lipinski definition) is 1. The molecule has 0 fully saturated rings. The monoisotopic (exact) mass is 288 g/mol. The molecule has 5 heteroatoms. The predicted octanol–water partition coefficient (Wildman–Crippen LogP) is 4.35. The van der Waals surface area contributed by atoms with Crippen LogP contribution in [-0.2, 0) is 0 Å². The van der Waals surface area contributed by atoms with Crippen molar-refractivity contribution in [3.63, 3.8) is 0 Å². The van der Waals surface area contributed by atoms with Gasteiger partial charge in [-0.2, -0.15) is 0 Å². The van der Waals surface area contributed by atoms with Crippen molar-refractivity contribution in [1.82, 2.24) is 0 Å². The molecule has 0 saturated carbocycles. The summed E-state index contributed by atoms with van der Waals surface area (Å²) in [5, 5.41) is 10.3. The number of aliphatic hydroxyl groups is 1. The van der Waals surface area contributed by atoms with Gasteiger partial charge in [-0.3, -0.25) is 0 Å². The molecule has 18 heavy (non-hydrogen) atoms. The van der Waals surface area contributed by atoms with E-state index in [1.807, 2.05) is 0 Å². The smallest absolute Gasteiger partial charge is 0.132 e. The van der Waals surface area contributed by atoms with Gasteiger partial charge in [0.25, 0.3) is 0 Å². The third kappa shape index (κ3) is 2.34. The van der Waals surface area contributed by atoms with E-state index in [2.05, 4.69) is 0 Å². The number of rotatable bonds is 2. The SMILES string of the molecule is OC(c1cccc(Cl)c1Cl)c1c(F)cccc1F. The minimum absolute atomic E-state index is 0.0781. The Morgan fingerprint density at radius 1 is 0.944 bits per heavy atom. The van der Waals surface area contributed by atoms with Gasteiger partial charge < -0.3 is 5.11 Å². The lowest BCUT2D eigenvalue weighted by Crippen LogP contribution is -2.06. The van der Waals surface area contributed by atoms with Crippen LogP contribution >= 0.6 is 23.2 Å². The highest BCUT2D eigenvalue weighted by Crippen LogP contribution is 2.34. The summed E-state index contributed by atoms with van der Waals surface area (Å²) in [4.78, 5) is 0. The van der Waals surface area contributed by atoms with E-state index < -0.39 is 23.3 Å². The third-order valence-electron chi connectivity index (χ3n) is 2.55. The molecule has 1 atom stereocenters. The van der Waals surface area contributed by atoms with Crippen molar-refractivity contribution in [3.8, 4) is 0 Å². The molecule has 0 aliphatic rings. The van der Waals surface area contributed by atoms with Crippen LogP contribution in [0.1, 0.15) is 17.2 Å². The maximum absolute atomic E-state index is 13.5. The summed E-state index contributed by atoms with van der Waals surface area (Å²) < 4.78 is 27.1. The highest BCUT2D eigenvalue weighted by atomic mass is 35.5. The van der Waals surface area contributed by atoms with Crippen molar-refractivity contribution in [1.29, 1.82) is 0 Å². The van der Waals surface area contributed by atoms with Crippen LogP contribution in [0.5, 0.6) is 0 Å². The van der Waals surface area contributed by atoms with Crippen LogP contribution in [0.4, 0.5) is 8.78 Å². The molecule has 0 aliphatic carbocycles. The Morgan fingerprint density at radius 2 is 1.50 bits per heavy atom. The molecule has 1 nitrogen and oxygen atoms in total. The number of benzene rings is 2. The van der Waals surface area contributed by atoms with Gasteiger partial charge >= 0.3 is 0 Å². The van der Waals surface area contributed by atoms with Crippen LogP contribution in [0.2, 0.25) is 10.0 Å². The molecule has 94 valence electrons. The maximum atomic E-state index is 13.5. The molecule has 0 aromatic heterocycles. The summed E-state index contributed by atoms with van der Waals surface area (Å²) in [5.41, 5.74) is -0.283. The maximum Gasteiger partial charge on any atom is 0.132 e. The van der Waals surface area contributed by atoms with Crippen molar-refractivity contribution >= 4 is 23.2 Å². The Kier molecular flexibility index (Phi) is 3.85. The standard InChI is InChI=1S/C13H8Cl2F2O/c14-8-4-1-3-7(12(8)15)13(18)11-9(16)5-2-6-10(11)17/h1-6,13,18H. The first-order valence-electron chi connectivity index (χ1n) is 5.08. The van der Waals surface area contributed by atoms with E-state index in [1.165, 1.54) is 18.2 Å². The molecular formula is C13H8Cl2F2O. The van der Waals surface area contributed by atoms with Crippen molar-refractivity contribution in [2.75, 3.05) is 0 Å². The van der Waals surface area contributed by atoms with Crippen LogP contribution < -0.4 is 0 Å². The molecule has 2 aromatic carbocycles. The van der Waals surface area contributed by atoms with E-state index in [1.54, 1.807) is 6.07 Å². The molecular weight excluding hydrogens is 281 g/mol. The van der Waals surface area contributed by atoms with Gasteiger partial charge in [0.2, 0.25) is 0 Å². The molecule has 0 radical (unpaired) electrons. The second-order valence-electron chi connectivity index (χ2n) is 3.68. The van der Waals surface area contributed by atoms with E-state index in [9.17, 15) is 13.9 Å². The van der Waals surface area contributed by atoms with Crippen LogP contribution in [0.3, 0.4) is 0 Å². The van der Waals surface area contributed by atoms with Crippen LogP contribution in [0.15, 0.2) is 36.4 Å².